The van der Waals surface area contributed by atoms with Gasteiger partial charge in [-0.15, -0.1) is 0 Å². The second kappa shape index (κ2) is 9.02. The molecule has 2 aromatic rings. The Balaban J connectivity index is 1.77. The number of aromatic nitrogens is 4. The van der Waals surface area contributed by atoms with Crippen LogP contribution in [0.2, 0.25) is 0 Å². The van der Waals surface area contributed by atoms with Crippen LogP contribution < -0.4 is 0 Å². The van der Waals surface area contributed by atoms with Crippen LogP contribution in [0.15, 0.2) is 12.1 Å². The van der Waals surface area contributed by atoms with Crippen LogP contribution in [0.5, 0.6) is 0 Å². The highest BCUT2D eigenvalue weighted by molar-refractivity contribution is 5.93. The summed E-state index contributed by atoms with van der Waals surface area (Å²) in [6.45, 7) is 8.23. The van der Waals surface area contributed by atoms with Gasteiger partial charge in [-0.25, -0.2) is 0 Å². The lowest BCUT2D eigenvalue weighted by Crippen LogP contribution is -2.54. The molecule has 0 bridgehead atoms. The highest BCUT2D eigenvalue weighted by Crippen LogP contribution is 2.28. The first-order chi connectivity index (χ1) is 14.2. The quantitative estimate of drug-likeness (QED) is 0.755. The van der Waals surface area contributed by atoms with Gasteiger partial charge in [0.1, 0.15) is 11.4 Å². The third kappa shape index (κ3) is 4.42. The predicted octanol–water partition coefficient (Wildman–Crippen LogP) is 3.54. The van der Waals surface area contributed by atoms with E-state index >= 15 is 0 Å². The number of carbonyl (C=O) groups excluding carboxylic acids is 2. The summed E-state index contributed by atoms with van der Waals surface area (Å²) in [7, 11) is 3.64. The number of nitrogens with zero attached hydrogens (tertiary/aromatic N) is 4. The minimum absolute atomic E-state index is 0.0529. The van der Waals surface area contributed by atoms with E-state index in [1.54, 1.807) is 9.80 Å². The molecule has 8 heteroatoms. The Hall–Kier alpha value is -2.64. The smallest absolute Gasteiger partial charge is 0.274 e. The third-order valence-corrected chi connectivity index (χ3v) is 6.21. The van der Waals surface area contributed by atoms with Gasteiger partial charge in [-0.05, 0) is 36.8 Å². The molecule has 0 radical (unpaired) electrons. The molecule has 164 valence electrons. The van der Waals surface area contributed by atoms with E-state index in [0.29, 0.717) is 11.4 Å². The van der Waals surface area contributed by atoms with Crippen molar-refractivity contribution in [3.63, 3.8) is 0 Å². The molecule has 3 rings (SSSR count). The molecular weight excluding hydrogens is 380 g/mol. The highest BCUT2D eigenvalue weighted by Gasteiger charge is 2.36. The number of carbonyl (C=O) groups is 2. The molecule has 2 aromatic heterocycles. The summed E-state index contributed by atoms with van der Waals surface area (Å²) in [5, 5.41) is 14.3. The fourth-order valence-electron chi connectivity index (χ4n) is 4.14. The number of aromatic amines is 2. The minimum Gasteiger partial charge on any atom is -0.335 e. The first-order valence-corrected chi connectivity index (χ1v) is 10.9. The van der Waals surface area contributed by atoms with E-state index in [1.807, 2.05) is 26.2 Å². The highest BCUT2D eigenvalue weighted by atomic mass is 16.2. The van der Waals surface area contributed by atoms with Crippen LogP contribution in [0.1, 0.15) is 97.6 Å². The Morgan fingerprint density at radius 1 is 0.833 bits per heavy atom. The lowest BCUT2D eigenvalue weighted by atomic mass is 9.88. The zero-order valence-corrected chi connectivity index (χ0v) is 18.9. The zero-order valence-electron chi connectivity index (χ0n) is 18.9. The van der Waals surface area contributed by atoms with Gasteiger partial charge < -0.3 is 9.80 Å². The molecule has 2 N–H and O–H groups in total. The molecule has 0 saturated heterocycles. The number of nitrogens with one attached hydrogen (secondary N) is 2. The van der Waals surface area contributed by atoms with E-state index < -0.39 is 0 Å². The number of rotatable bonds is 6. The lowest BCUT2D eigenvalue weighted by Gasteiger charge is -2.42. The Morgan fingerprint density at radius 2 is 1.20 bits per heavy atom. The topological polar surface area (TPSA) is 98.0 Å². The van der Waals surface area contributed by atoms with Crippen molar-refractivity contribution in [1.29, 1.82) is 0 Å². The van der Waals surface area contributed by atoms with Crippen LogP contribution in [0.4, 0.5) is 0 Å². The molecular formula is C22H34N6O2. The number of hydrogen-bond acceptors (Lipinski definition) is 4. The molecule has 0 aromatic carbocycles. The van der Waals surface area contributed by atoms with Crippen LogP contribution in [-0.2, 0) is 0 Å². The largest absolute Gasteiger partial charge is 0.335 e. The molecule has 8 nitrogen and oxygen atoms in total. The molecule has 2 heterocycles. The molecule has 2 unspecified atom stereocenters. The van der Waals surface area contributed by atoms with Gasteiger partial charge in [0.15, 0.2) is 0 Å². The van der Waals surface area contributed by atoms with Crippen molar-refractivity contribution >= 4 is 11.8 Å². The molecule has 0 aliphatic heterocycles. The number of H-pyrrole nitrogens is 2. The maximum atomic E-state index is 13.1. The Labute approximate surface area is 178 Å². The fourth-order valence-corrected chi connectivity index (χ4v) is 4.14. The Bertz CT molecular complexity index is 812. The van der Waals surface area contributed by atoms with Gasteiger partial charge in [-0.2, -0.15) is 10.2 Å². The van der Waals surface area contributed by atoms with E-state index in [4.69, 9.17) is 0 Å². The second-order valence-corrected chi connectivity index (χ2v) is 8.98. The summed E-state index contributed by atoms with van der Waals surface area (Å²) in [4.78, 5) is 29.7. The average molecular weight is 415 g/mol. The van der Waals surface area contributed by atoms with Crippen LogP contribution in [0.25, 0.3) is 0 Å². The van der Waals surface area contributed by atoms with Crippen LogP contribution in [0.3, 0.4) is 0 Å². The van der Waals surface area contributed by atoms with Crippen LogP contribution >= 0.6 is 0 Å². The number of hydrogen-bond donors (Lipinski definition) is 2. The first-order valence-electron chi connectivity index (χ1n) is 10.9. The van der Waals surface area contributed by atoms with E-state index in [9.17, 15) is 9.59 Å². The van der Waals surface area contributed by atoms with E-state index in [0.717, 1.165) is 37.1 Å². The summed E-state index contributed by atoms with van der Waals surface area (Å²) in [6.07, 6.45) is 3.81. The second-order valence-electron chi connectivity index (χ2n) is 8.98. The maximum absolute atomic E-state index is 13.1. The first kappa shape index (κ1) is 22.1. The maximum Gasteiger partial charge on any atom is 0.274 e. The van der Waals surface area contributed by atoms with Gasteiger partial charge in [-0.3, -0.25) is 19.8 Å². The van der Waals surface area contributed by atoms with Gasteiger partial charge in [0.25, 0.3) is 11.8 Å². The third-order valence-electron chi connectivity index (χ3n) is 6.21. The zero-order chi connectivity index (χ0) is 22.0. The summed E-state index contributed by atoms with van der Waals surface area (Å²) in [6, 6.07) is 3.55. The van der Waals surface area contributed by atoms with Crippen LogP contribution in [-0.4, -0.2) is 68.2 Å². The number of amides is 2. The van der Waals surface area contributed by atoms with Gasteiger partial charge in [0, 0.05) is 25.5 Å². The summed E-state index contributed by atoms with van der Waals surface area (Å²) in [5.41, 5.74) is 2.74. The van der Waals surface area contributed by atoms with Crippen molar-refractivity contribution < 1.29 is 9.59 Å². The molecule has 2 atom stereocenters. The summed E-state index contributed by atoms with van der Waals surface area (Å²) < 4.78 is 0. The standard InChI is InChI=1S/C22H34N6O2/c1-13(2)15-11-17(25-23-15)21(29)27(5)19-9-7-8-10-20(19)28(6)22(30)18-12-16(14(3)4)24-26-18/h11-14,19-20H,7-10H2,1-6H3,(H,23,25)(H,24,26). The number of likely N-dealkylation sites (N-methyl/N-ethyl adjacent to an activating group) is 2. The van der Waals surface area contributed by atoms with Gasteiger partial charge in [0.2, 0.25) is 0 Å². The summed E-state index contributed by atoms with van der Waals surface area (Å²) >= 11 is 0. The summed E-state index contributed by atoms with van der Waals surface area (Å²) in [5.74, 6) is 0.329. The molecule has 2 amide bonds. The van der Waals surface area contributed by atoms with E-state index in [2.05, 4.69) is 48.1 Å². The SMILES string of the molecule is CC(C)c1cc(C(=O)N(C)C2CCCCC2N(C)C(=O)c2cc(C(C)C)[nH]n2)n[nH]1. The average Bonchev–Trinajstić information content (AvgIpc) is 3.41. The molecule has 1 saturated carbocycles. The fraction of sp³-hybridized carbons (Fsp3) is 0.636. The molecule has 1 aliphatic carbocycles. The lowest BCUT2D eigenvalue weighted by molar-refractivity contribution is 0.0415. The predicted molar refractivity (Wildman–Crippen MR) is 116 cm³/mol. The Kier molecular flexibility index (Phi) is 6.63. The Morgan fingerprint density at radius 3 is 1.50 bits per heavy atom. The van der Waals surface area contributed by atoms with E-state index in [1.165, 1.54) is 0 Å². The van der Waals surface area contributed by atoms with E-state index in [-0.39, 0.29) is 35.7 Å². The van der Waals surface area contributed by atoms with Gasteiger partial charge in [0.05, 0.1) is 12.1 Å². The molecule has 1 fully saturated rings. The van der Waals surface area contributed by atoms with Crippen molar-refractivity contribution in [2.24, 2.45) is 0 Å². The van der Waals surface area contributed by atoms with Crippen molar-refractivity contribution in [2.75, 3.05) is 14.1 Å². The van der Waals surface area contributed by atoms with Gasteiger partial charge >= 0.3 is 0 Å². The van der Waals surface area contributed by atoms with Crippen molar-refractivity contribution in [3.8, 4) is 0 Å². The normalized spacial score (nSPS) is 19.3. The van der Waals surface area contributed by atoms with Crippen molar-refractivity contribution in [1.82, 2.24) is 30.2 Å². The molecule has 30 heavy (non-hydrogen) atoms. The van der Waals surface area contributed by atoms with Crippen molar-refractivity contribution in [3.05, 3.63) is 34.9 Å². The molecule has 1 aliphatic rings. The minimum atomic E-state index is -0.113. The monoisotopic (exact) mass is 414 g/mol. The molecule has 0 spiro atoms. The van der Waals surface area contributed by atoms with Crippen molar-refractivity contribution in [2.45, 2.75) is 77.3 Å². The van der Waals surface area contributed by atoms with Gasteiger partial charge in [-0.1, -0.05) is 40.5 Å². The van der Waals surface area contributed by atoms with Crippen LogP contribution in [0, 0.1) is 0 Å².